The number of hydrazone groups is 1. The van der Waals surface area contributed by atoms with Gasteiger partial charge in [0.05, 0.1) is 151 Å². The van der Waals surface area contributed by atoms with Crippen LogP contribution in [0.1, 0.15) is 47.4 Å². The normalized spacial score (nSPS) is 16.2. The molecular weight excluding hydrogens is 1010 g/mol. The van der Waals surface area contributed by atoms with E-state index in [4.69, 9.17) is 71.5 Å². The summed E-state index contributed by atoms with van der Waals surface area (Å²) in [4.78, 5) is 31.4. The molecule has 0 saturated carbocycles. The van der Waals surface area contributed by atoms with E-state index >= 15 is 0 Å². The average Bonchev–Trinajstić information content (AvgIpc) is 4.34. The molecule has 23 heteroatoms. The second-order valence-electron chi connectivity index (χ2n) is 17.7. The molecule has 4 aromatic rings. The van der Waals surface area contributed by atoms with Gasteiger partial charge in [-0.2, -0.15) is 5.10 Å². The van der Waals surface area contributed by atoms with Gasteiger partial charge >= 0.3 is 5.97 Å². The lowest BCUT2D eigenvalue weighted by Crippen LogP contribution is -2.46. The molecule has 3 aromatic carbocycles. The highest BCUT2D eigenvalue weighted by atomic mass is 16.7. The number of hydrogen-bond acceptors (Lipinski definition) is 21. The number of carbonyl (C=O) groups is 2. The minimum absolute atomic E-state index is 0.0757. The van der Waals surface area contributed by atoms with Gasteiger partial charge in [-0.3, -0.25) is 9.80 Å². The first-order valence-corrected chi connectivity index (χ1v) is 25.7. The van der Waals surface area contributed by atoms with Crippen molar-refractivity contribution in [3.8, 4) is 40.5 Å². The number of fused-ring (bicyclic) bond motifs is 4. The molecule has 77 heavy (non-hydrogen) atoms. The molecule has 23 nitrogen and oxygen atoms in total. The smallest absolute Gasteiger partial charge is 0.333 e. The molecule has 0 bridgehead atoms. The summed E-state index contributed by atoms with van der Waals surface area (Å²) in [6.07, 6.45) is 1.30. The molecule has 0 radical (unpaired) electrons. The number of hydrogen-bond donors (Lipinski definition) is 4. The molecule has 2 aliphatic heterocycles. The SMILES string of the molecule is COc1ccc(N2C[C@@H]3C(=N2)c2cc4c(cc2[C@@H](c2cc(CO)c(OC)c(OC)c2)[C@H]3C(=O)NCCOCCOCCOCCOCCOCCOCCOCCOCCCCC(=O)On2c(O)ccc2O)OCO4)cc1. The molecule has 7 rings (SSSR count). The van der Waals surface area contributed by atoms with Crippen molar-refractivity contribution in [3.05, 3.63) is 82.9 Å². The number of rotatable bonds is 37. The van der Waals surface area contributed by atoms with Gasteiger partial charge in [0.2, 0.25) is 24.5 Å². The number of unbranched alkanes of at least 4 members (excludes halogenated alkanes) is 1. The van der Waals surface area contributed by atoms with Crippen LogP contribution in [0.4, 0.5) is 5.69 Å². The van der Waals surface area contributed by atoms with Crippen LogP contribution in [0.3, 0.4) is 0 Å². The van der Waals surface area contributed by atoms with E-state index in [1.165, 1.54) is 19.2 Å². The maximum absolute atomic E-state index is 14.7. The molecular formula is C54H72N4O19. The number of ether oxygens (including phenoxy) is 13. The molecule has 0 saturated heterocycles. The van der Waals surface area contributed by atoms with Crippen LogP contribution in [0.15, 0.2) is 65.8 Å². The Morgan fingerprint density at radius 2 is 1.22 bits per heavy atom. The third-order valence-corrected chi connectivity index (χ3v) is 12.7. The quantitative estimate of drug-likeness (QED) is 0.0468. The monoisotopic (exact) mass is 1080 g/mol. The fraction of sp³-hybridized carbons (Fsp3) is 0.537. The first kappa shape index (κ1) is 58.3. The largest absolute Gasteiger partial charge is 0.497 e. The lowest BCUT2D eigenvalue weighted by Gasteiger charge is -2.38. The van der Waals surface area contributed by atoms with Crippen LogP contribution in [0.2, 0.25) is 0 Å². The number of amides is 1. The lowest BCUT2D eigenvalue weighted by molar-refractivity contribution is -0.145. The Bertz CT molecular complexity index is 2440. The molecule has 1 amide bonds. The van der Waals surface area contributed by atoms with E-state index in [-0.39, 0.29) is 56.6 Å². The van der Waals surface area contributed by atoms with E-state index < -0.39 is 17.8 Å². The molecule has 0 unspecified atom stereocenters. The Hall–Kier alpha value is -6.41. The predicted molar refractivity (Wildman–Crippen MR) is 276 cm³/mol. The summed E-state index contributed by atoms with van der Waals surface area (Å²) in [6.45, 7) is 6.91. The van der Waals surface area contributed by atoms with Gasteiger partial charge in [-0.05, 0) is 72.5 Å². The lowest BCUT2D eigenvalue weighted by atomic mass is 9.65. The summed E-state index contributed by atoms with van der Waals surface area (Å²) in [5, 5.41) is 39.7. The van der Waals surface area contributed by atoms with Crippen molar-refractivity contribution in [1.29, 1.82) is 0 Å². The minimum atomic E-state index is -0.647. The molecule has 0 spiro atoms. The fourth-order valence-corrected chi connectivity index (χ4v) is 9.04. The van der Waals surface area contributed by atoms with Crippen LogP contribution in [0.25, 0.3) is 0 Å². The van der Waals surface area contributed by atoms with Crippen molar-refractivity contribution in [1.82, 2.24) is 10.0 Å². The summed E-state index contributed by atoms with van der Waals surface area (Å²) in [5.41, 5.74) is 4.57. The van der Waals surface area contributed by atoms with Gasteiger partial charge in [0, 0.05) is 54.7 Å². The molecule has 3 heterocycles. The second-order valence-corrected chi connectivity index (χ2v) is 17.7. The predicted octanol–water partition coefficient (Wildman–Crippen LogP) is 3.82. The molecule has 422 valence electrons. The third-order valence-electron chi connectivity index (χ3n) is 12.7. The van der Waals surface area contributed by atoms with E-state index in [1.807, 2.05) is 53.5 Å². The van der Waals surface area contributed by atoms with Gasteiger partial charge in [0.25, 0.3) is 0 Å². The summed E-state index contributed by atoms with van der Waals surface area (Å²) < 4.78 is 73.9. The molecule has 0 fully saturated rings. The Morgan fingerprint density at radius 1 is 0.662 bits per heavy atom. The van der Waals surface area contributed by atoms with Crippen LogP contribution in [-0.2, 0) is 54.1 Å². The van der Waals surface area contributed by atoms with Crippen molar-refractivity contribution >= 4 is 23.3 Å². The van der Waals surface area contributed by atoms with Gasteiger partial charge in [0.15, 0.2) is 23.0 Å². The molecule has 1 aliphatic carbocycles. The van der Waals surface area contributed by atoms with Crippen molar-refractivity contribution in [2.75, 3.05) is 152 Å². The summed E-state index contributed by atoms with van der Waals surface area (Å²) in [6, 6.07) is 17.7. The minimum Gasteiger partial charge on any atom is -0.497 e. The van der Waals surface area contributed by atoms with Crippen LogP contribution in [0.5, 0.6) is 40.5 Å². The number of benzene rings is 3. The highest BCUT2D eigenvalue weighted by Crippen LogP contribution is 2.52. The summed E-state index contributed by atoms with van der Waals surface area (Å²) >= 11 is 0. The molecule has 3 atom stereocenters. The summed E-state index contributed by atoms with van der Waals surface area (Å²) in [5.74, 6) is -0.236. The van der Waals surface area contributed by atoms with Crippen LogP contribution < -0.4 is 38.8 Å². The number of anilines is 1. The maximum atomic E-state index is 14.7. The number of carbonyl (C=O) groups excluding carboxylic acids is 2. The van der Waals surface area contributed by atoms with Crippen LogP contribution in [-0.4, -0.2) is 185 Å². The number of aliphatic hydroxyl groups excluding tert-OH is 1. The Morgan fingerprint density at radius 3 is 1.77 bits per heavy atom. The van der Waals surface area contributed by atoms with Gasteiger partial charge < -0.3 is 87.1 Å². The Kier molecular flexibility index (Phi) is 23.5. The van der Waals surface area contributed by atoms with Gasteiger partial charge in [-0.15, -0.1) is 4.73 Å². The first-order chi connectivity index (χ1) is 37.7. The third kappa shape index (κ3) is 16.6. The highest BCUT2D eigenvalue weighted by Gasteiger charge is 2.49. The van der Waals surface area contributed by atoms with Crippen molar-refractivity contribution in [3.63, 3.8) is 0 Å². The van der Waals surface area contributed by atoms with Gasteiger partial charge in [-0.1, -0.05) is 0 Å². The topological polar surface area (TPSA) is 257 Å². The Balaban J connectivity index is 0.729. The van der Waals surface area contributed by atoms with E-state index in [1.54, 1.807) is 14.2 Å². The highest BCUT2D eigenvalue weighted by molar-refractivity contribution is 6.10. The summed E-state index contributed by atoms with van der Waals surface area (Å²) in [7, 11) is 4.69. The van der Waals surface area contributed by atoms with E-state index in [0.717, 1.165) is 33.8 Å². The number of nitrogens with one attached hydrogen (secondary N) is 1. The van der Waals surface area contributed by atoms with Crippen LogP contribution in [0, 0.1) is 11.8 Å². The number of nitrogens with zero attached hydrogens (tertiary/aromatic N) is 3. The number of methoxy groups -OCH3 is 3. The van der Waals surface area contributed by atoms with Crippen LogP contribution >= 0.6 is 0 Å². The fourth-order valence-electron chi connectivity index (χ4n) is 9.04. The van der Waals surface area contributed by atoms with Gasteiger partial charge in [-0.25, -0.2) is 4.79 Å². The van der Waals surface area contributed by atoms with Crippen molar-refractivity contribution in [2.24, 2.45) is 16.9 Å². The molecule has 1 aromatic heterocycles. The van der Waals surface area contributed by atoms with E-state index in [9.17, 15) is 24.9 Å². The van der Waals surface area contributed by atoms with E-state index in [0.29, 0.717) is 152 Å². The molecule has 4 N–H and O–H groups in total. The maximum Gasteiger partial charge on any atom is 0.333 e. The zero-order valence-electron chi connectivity index (χ0n) is 44.0. The Labute approximate surface area is 447 Å². The average molecular weight is 1080 g/mol. The number of aromatic hydroxyl groups is 2. The van der Waals surface area contributed by atoms with Crippen molar-refractivity contribution < 1.29 is 91.3 Å². The number of aliphatic hydroxyl groups is 1. The number of aromatic nitrogens is 1. The zero-order valence-corrected chi connectivity index (χ0v) is 44.0. The van der Waals surface area contributed by atoms with E-state index in [2.05, 4.69) is 5.32 Å². The standard InChI is InChI=1S/C54H72N4O19/c1-64-40-9-7-39(8-10-40)57-34-43-51(50(37-30-38(35-59)53(66-3)46(31-37)65-2)41-32-44-45(76-36-75-44)33-42(41)52(43)56-57)54(63)55-13-15-68-17-19-70-21-23-72-25-27-74-29-28-73-26-24-71-22-20-69-18-16-67-14-5-4-6-49(62)77-58-47(60)11-12-48(58)61/h7-12,30-33,43,50-51,59-61H,4-6,13-29,34-36H2,1-3H3,(H,55,63)/t43-,50+,51-/m0/s1. The first-order valence-electron chi connectivity index (χ1n) is 25.7. The van der Waals surface area contributed by atoms with Crippen molar-refractivity contribution in [2.45, 2.75) is 31.8 Å². The zero-order chi connectivity index (χ0) is 54.2. The van der Waals surface area contributed by atoms with Gasteiger partial charge in [0.1, 0.15) is 5.75 Å². The molecule has 3 aliphatic rings. The second kappa shape index (κ2) is 31.1.